The molecule has 0 bridgehead atoms. The fraction of sp³-hybridized carbons (Fsp3) is 0. The Morgan fingerprint density at radius 2 is 1.88 bits per heavy atom. The first-order chi connectivity index (χ1) is 12.6. The maximum absolute atomic E-state index is 13.2. The van der Waals surface area contributed by atoms with Crippen molar-refractivity contribution in [1.29, 1.82) is 0 Å². The number of thioether (sulfide) groups is 1. The van der Waals surface area contributed by atoms with Gasteiger partial charge in [0.1, 0.15) is 5.82 Å². The second-order valence-electron chi connectivity index (χ2n) is 5.65. The molecule has 3 aromatic rings. The molecule has 3 aromatic carbocycles. The molecule has 1 fully saturated rings. The van der Waals surface area contributed by atoms with E-state index in [0.29, 0.717) is 15.8 Å². The highest BCUT2D eigenvalue weighted by molar-refractivity contribution is 8.18. The average molecular weight is 383 g/mol. The Morgan fingerprint density at radius 3 is 2.73 bits per heavy atom. The Balaban J connectivity index is 1.66. The number of nitrogens with one attached hydrogen (secondary N) is 1. The van der Waals surface area contributed by atoms with Crippen molar-refractivity contribution in [2.75, 3.05) is 0 Å². The predicted molar refractivity (Wildman–Crippen MR) is 106 cm³/mol. The summed E-state index contributed by atoms with van der Waals surface area (Å²) in [5.74, 6) is -0.717. The number of fused-ring (bicyclic) bond motifs is 1. The van der Waals surface area contributed by atoms with E-state index >= 15 is 0 Å². The van der Waals surface area contributed by atoms with Crippen LogP contribution in [0.5, 0.6) is 0 Å². The second-order valence-corrected chi connectivity index (χ2v) is 7.09. The van der Waals surface area contributed by atoms with Crippen LogP contribution in [0.15, 0.2) is 70.6 Å². The number of carbonyl (C=O) groups is 1. The second kappa shape index (κ2) is 6.94. The highest BCUT2D eigenvalue weighted by Gasteiger charge is 2.24. The lowest BCUT2D eigenvalue weighted by Gasteiger charge is -2.02. The molecule has 1 heterocycles. The molecule has 0 atom stereocenters. The first-order valence-electron chi connectivity index (χ1n) is 7.82. The van der Waals surface area contributed by atoms with Crippen LogP contribution in [0, 0.1) is 5.82 Å². The quantitative estimate of drug-likeness (QED) is 0.592. The molecule has 0 unspecified atom stereocenters. The van der Waals surface area contributed by atoms with Crippen LogP contribution in [-0.4, -0.2) is 11.1 Å². The van der Waals surface area contributed by atoms with Gasteiger partial charge < -0.3 is 5.32 Å². The topological polar surface area (TPSA) is 41.5 Å². The van der Waals surface area contributed by atoms with Crippen LogP contribution in [0.2, 0.25) is 5.02 Å². The van der Waals surface area contributed by atoms with Crippen LogP contribution in [0.3, 0.4) is 0 Å². The van der Waals surface area contributed by atoms with Gasteiger partial charge in [0.15, 0.2) is 5.17 Å². The van der Waals surface area contributed by atoms with Gasteiger partial charge in [-0.1, -0.05) is 54.1 Å². The zero-order valence-corrected chi connectivity index (χ0v) is 14.9. The van der Waals surface area contributed by atoms with Crippen LogP contribution in [0.25, 0.3) is 16.8 Å². The lowest BCUT2D eigenvalue weighted by molar-refractivity contribution is -0.115. The number of nitrogens with zero attached hydrogens (tertiary/aromatic N) is 1. The van der Waals surface area contributed by atoms with Crippen molar-refractivity contribution in [2.24, 2.45) is 4.99 Å². The Bertz CT molecular complexity index is 1090. The van der Waals surface area contributed by atoms with Crippen LogP contribution < -0.4 is 5.32 Å². The molecule has 1 saturated heterocycles. The van der Waals surface area contributed by atoms with E-state index in [2.05, 4.69) is 10.3 Å². The largest absolute Gasteiger partial charge is 0.300 e. The van der Waals surface area contributed by atoms with E-state index in [-0.39, 0.29) is 10.9 Å². The summed E-state index contributed by atoms with van der Waals surface area (Å²) in [5.41, 5.74) is 1.44. The predicted octanol–water partition coefficient (Wildman–Crippen LogP) is 5.52. The van der Waals surface area contributed by atoms with Gasteiger partial charge in [-0.2, -0.15) is 0 Å². The van der Waals surface area contributed by atoms with Crippen molar-refractivity contribution in [1.82, 2.24) is 5.32 Å². The first-order valence-corrected chi connectivity index (χ1v) is 9.02. The van der Waals surface area contributed by atoms with Crippen molar-refractivity contribution in [3.05, 3.63) is 82.0 Å². The fourth-order valence-corrected chi connectivity index (χ4v) is 3.68. The summed E-state index contributed by atoms with van der Waals surface area (Å²) in [5, 5.41) is 5.34. The number of rotatable bonds is 2. The Kier molecular flexibility index (Phi) is 4.49. The molecule has 6 heteroatoms. The zero-order chi connectivity index (χ0) is 18.1. The van der Waals surface area contributed by atoms with E-state index in [1.54, 1.807) is 0 Å². The van der Waals surface area contributed by atoms with Crippen molar-refractivity contribution in [3.63, 3.8) is 0 Å². The summed E-state index contributed by atoms with van der Waals surface area (Å²) in [6.45, 7) is 0. The molecule has 128 valence electrons. The van der Waals surface area contributed by atoms with Gasteiger partial charge in [-0.3, -0.25) is 4.79 Å². The molecule has 1 aliphatic rings. The molecule has 3 nitrogen and oxygen atoms in total. The number of hydrogen-bond donors (Lipinski definition) is 1. The molecule has 1 aliphatic heterocycles. The number of carbonyl (C=O) groups excluding carboxylic acids is 1. The SMILES string of the molecule is O=C1NC(=Nc2ccc(F)c(Cl)c2)SC1=Cc1cccc2ccccc12. The summed E-state index contributed by atoms with van der Waals surface area (Å²) in [4.78, 5) is 17.1. The van der Waals surface area contributed by atoms with E-state index in [1.165, 1.54) is 30.0 Å². The molecule has 1 N–H and O–H groups in total. The van der Waals surface area contributed by atoms with Crippen LogP contribution in [0.1, 0.15) is 5.56 Å². The fourth-order valence-electron chi connectivity index (χ4n) is 2.67. The standard InChI is InChI=1S/C20H12ClFN2OS/c21-16-11-14(8-9-17(16)22)23-20-24-19(25)18(26-20)10-13-6-3-5-12-4-1-2-7-15(12)13/h1-11H,(H,23,24,25). The van der Waals surface area contributed by atoms with Crippen LogP contribution >= 0.6 is 23.4 Å². The summed E-state index contributed by atoms with van der Waals surface area (Å²) < 4.78 is 13.2. The number of hydrogen-bond acceptors (Lipinski definition) is 3. The highest BCUT2D eigenvalue weighted by Crippen LogP contribution is 2.31. The lowest BCUT2D eigenvalue weighted by Crippen LogP contribution is -2.19. The first kappa shape index (κ1) is 16.8. The number of amides is 1. The van der Waals surface area contributed by atoms with E-state index < -0.39 is 5.82 Å². The van der Waals surface area contributed by atoms with Crippen molar-refractivity contribution >= 4 is 57.0 Å². The zero-order valence-electron chi connectivity index (χ0n) is 13.4. The monoisotopic (exact) mass is 382 g/mol. The number of amidine groups is 1. The third-order valence-electron chi connectivity index (χ3n) is 3.89. The van der Waals surface area contributed by atoms with E-state index in [0.717, 1.165) is 16.3 Å². The van der Waals surface area contributed by atoms with Gasteiger partial charge in [-0.25, -0.2) is 9.38 Å². The Hall–Kier alpha value is -2.63. The van der Waals surface area contributed by atoms with Gasteiger partial charge in [0.25, 0.3) is 5.91 Å². The van der Waals surface area contributed by atoms with E-state index in [1.807, 2.05) is 48.5 Å². The normalized spacial score (nSPS) is 17.2. The number of benzene rings is 3. The van der Waals surface area contributed by atoms with Crippen molar-refractivity contribution in [3.8, 4) is 0 Å². The van der Waals surface area contributed by atoms with Gasteiger partial charge >= 0.3 is 0 Å². The average Bonchev–Trinajstić information content (AvgIpc) is 2.98. The highest BCUT2D eigenvalue weighted by atomic mass is 35.5. The summed E-state index contributed by atoms with van der Waals surface area (Å²) >= 11 is 7.01. The molecule has 4 rings (SSSR count). The molecule has 0 saturated carbocycles. The maximum Gasteiger partial charge on any atom is 0.264 e. The minimum Gasteiger partial charge on any atom is -0.300 e. The maximum atomic E-state index is 13.2. The minimum atomic E-state index is -0.504. The van der Waals surface area contributed by atoms with Crippen molar-refractivity contribution < 1.29 is 9.18 Å². The Morgan fingerprint density at radius 1 is 1.08 bits per heavy atom. The summed E-state index contributed by atoms with van der Waals surface area (Å²) in [6, 6.07) is 18.1. The summed E-state index contributed by atoms with van der Waals surface area (Å²) in [7, 11) is 0. The van der Waals surface area contributed by atoms with Crippen LogP contribution in [0.4, 0.5) is 10.1 Å². The minimum absolute atomic E-state index is 0.00676. The summed E-state index contributed by atoms with van der Waals surface area (Å²) in [6.07, 6.45) is 1.85. The van der Waals surface area contributed by atoms with Gasteiger partial charge in [0.2, 0.25) is 0 Å². The molecule has 0 aliphatic carbocycles. The Labute approximate surface area is 158 Å². The van der Waals surface area contributed by atoms with Crippen LogP contribution in [-0.2, 0) is 4.79 Å². The molecular formula is C20H12ClFN2OS. The van der Waals surface area contributed by atoms with Gasteiger partial charge in [-0.05, 0) is 52.4 Å². The number of aliphatic imine (C=N–C) groups is 1. The smallest absolute Gasteiger partial charge is 0.264 e. The lowest BCUT2D eigenvalue weighted by atomic mass is 10.0. The van der Waals surface area contributed by atoms with Gasteiger partial charge in [0.05, 0.1) is 15.6 Å². The molecule has 1 amide bonds. The molecule has 0 radical (unpaired) electrons. The molecular weight excluding hydrogens is 371 g/mol. The number of halogens is 2. The van der Waals surface area contributed by atoms with Crippen molar-refractivity contribution in [2.45, 2.75) is 0 Å². The van der Waals surface area contributed by atoms with Gasteiger partial charge in [0, 0.05) is 0 Å². The third-order valence-corrected chi connectivity index (χ3v) is 5.09. The van der Waals surface area contributed by atoms with E-state index in [4.69, 9.17) is 11.6 Å². The third kappa shape index (κ3) is 3.36. The molecule has 26 heavy (non-hydrogen) atoms. The molecule has 0 spiro atoms. The van der Waals surface area contributed by atoms with Gasteiger partial charge in [-0.15, -0.1) is 0 Å². The van der Waals surface area contributed by atoms with E-state index in [9.17, 15) is 9.18 Å². The molecule has 0 aromatic heterocycles.